The van der Waals surface area contributed by atoms with Crippen LogP contribution in [0.3, 0.4) is 0 Å². The van der Waals surface area contributed by atoms with Crippen molar-refractivity contribution in [3.63, 3.8) is 0 Å². The van der Waals surface area contributed by atoms with E-state index in [1.165, 1.54) is 49.8 Å². The Hall–Kier alpha value is -0.110. The number of likely N-dealkylation sites (tertiary alicyclic amines) is 1. The van der Waals surface area contributed by atoms with Gasteiger partial charge in [0.25, 0.3) is 0 Å². The molecule has 2 heteroatoms. The Kier molecular flexibility index (Phi) is 6.35. The summed E-state index contributed by atoms with van der Waals surface area (Å²) in [5, 5.41) is 0. The lowest BCUT2D eigenvalue weighted by atomic mass is 10.3. The molecule has 0 unspecified atom stereocenters. The molecule has 1 aliphatic heterocycles. The summed E-state index contributed by atoms with van der Waals surface area (Å²) in [4.78, 5) is 0. The molecule has 1 aliphatic rings. The van der Waals surface area contributed by atoms with Crippen LogP contribution < -0.4 is 0 Å². The third kappa shape index (κ3) is 4.05. The average Bonchev–Trinajstić information content (AvgIpc) is 2.53. The van der Waals surface area contributed by atoms with Crippen molar-refractivity contribution in [1.82, 2.24) is 0 Å². The first-order valence-corrected chi connectivity index (χ1v) is 4.98. The predicted molar refractivity (Wildman–Crippen MR) is 52.0 cm³/mol. The maximum Gasteiger partial charge on any atom is 0.0786 e. The summed E-state index contributed by atoms with van der Waals surface area (Å²) in [6, 6.07) is 0. The second-order valence-electron chi connectivity index (χ2n) is 3.85. The first-order valence-electron chi connectivity index (χ1n) is 4.98. The Bertz CT molecular complexity index is 98.0. The minimum Gasteiger partial charge on any atom is -0.326 e. The lowest BCUT2D eigenvalue weighted by molar-refractivity contribution is -0.897. The fraction of sp³-hybridized carbons (Fsp3) is 1.00. The molecule has 0 amide bonds. The number of alkyl halides is 1. The van der Waals surface area contributed by atoms with Crippen molar-refractivity contribution in [2.75, 3.05) is 33.9 Å². The van der Waals surface area contributed by atoms with Crippen molar-refractivity contribution in [1.29, 1.82) is 0 Å². The third-order valence-electron chi connectivity index (χ3n) is 2.70. The van der Waals surface area contributed by atoms with Crippen LogP contribution in [-0.4, -0.2) is 38.3 Å². The van der Waals surface area contributed by atoms with E-state index >= 15 is 0 Å². The maximum absolute atomic E-state index is 9.50. The van der Waals surface area contributed by atoms with Gasteiger partial charge in [0, 0.05) is 12.8 Å². The van der Waals surface area contributed by atoms with Gasteiger partial charge in [-0.05, 0) is 6.42 Å². The molecule has 0 aliphatic carbocycles. The van der Waals surface area contributed by atoms with Gasteiger partial charge in [-0.25, -0.2) is 0 Å². The van der Waals surface area contributed by atoms with Gasteiger partial charge in [0.1, 0.15) is 0 Å². The molecule has 0 aromatic carbocycles. The molecule has 12 heavy (non-hydrogen) atoms. The predicted octanol–water partition coefficient (Wildman–Crippen LogP) is 2.61. The fourth-order valence-electron chi connectivity index (χ4n) is 1.86. The smallest absolute Gasteiger partial charge is 0.0786 e. The Morgan fingerprint density at radius 3 is 2.08 bits per heavy atom. The highest BCUT2D eigenvalue weighted by molar-refractivity contribution is 4.51. The Labute approximate surface area is 76.2 Å². The molecule has 0 aromatic heterocycles. The minimum atomic E-state index is 0.500. The molecule has 0 N–H and O–H groups in total. The number of nitrogens with zero attached hydrogens (tertiary/aromatic N) is 1. The van der Waals surface area contributed by atoms with Gasteiger partial charge in [-0.1, -0.05) is 13.3 Å². The van der Waals surface area contributed by atoms with Crippen LogP contribution in [0.2, 0.25) is 0 Å². The van der Waals surface area contributed by atoms with Crippen molar-refractivity contribution in [2.45, 2.75) is 32.6 Å². The average molecular weight is 176 g/mol. The van der Waals surface area contributed by atoms with Gasteiger partial charge in [0.15, 0.2) is 0 Å². The largest absolute Gasteiger partial charge is 0.326 e. The highest BCUT2D eigenvalue weighted by Crippen LogP contribution is 2.16. The summed E-state index contributed by atoms with van der Waals surface area (Å²) in [6.45, 7) is 6.55. The third-order valence-corrected chi connectivity index (χ3v) is 2.70. The molecule has 1 saturated heterocycles. The van der Waals surface area contributed by atoms with Gasteiger partial charge in [-0.3, -0.25) is 4.39 Å². The van der Waals surface area contributed by atoms with Gasteiger partial charge in [-0.2, -0.15) is 0 Å². The van der Waals surface area contributed by atoms with Crippen molar-refractivity contribution in [3.05, 3.63) is 0 Å². The highest BCUT2D eigenvalue weighted by Gasteiger charge is 2.25. The van der Waals surface area contributed by atoms with Gasteiger partial charge in [0.2, 0.25) is 0 Å². The molecule has 0 bridgehead atoms. The van der Waals surface area contributed by atoms with Crippen LogP contribution in [0, 0.1) is 0 Å². The molecule has 1 fully saturated rings. The maximum atomic E-state index is 9.50. The van der Waals surface area contributed by atoms with Crippen LogP contribution in [0.15, 0.2) is 0 Å². The van der Waals surface area contributed by atoms with Crippen LogP contribution >= 0.6 is 0 Å². The minimum absolute atomic E-state index is 0.500. The molecular formula is C10H23FN+. The number of quaternary nitrogens is 1. The molecule has 74 valence electrons. The zero-order chi connectivity index (χ0) is 9.45. The molecule has 0 aromatic rings. The van der Waals surface area contributed by atoms with Crippen LogP contribution in [0.25, 0.3) is 0 Å². The second-order valence-corrected chi connectivity index (χ2v) is 3.85. The summed E-state index contributed by atoms with van der Waals surface area (Å²) in [6.07, 6.45) is 5.69. The lowest BCUT2D eigenvalue weighted by Gasteiger charge is -2.28. The molecular weight excluding hydrogens is 153 g/mol. The Balaban J connectivity index is 0.000000561. The van der Waals surface area contributed by atoms with Crippen molar-refractivity contribution in [2.24, 2.45) is 0 Å². The van der Waals surface area contributed by atoms with Gasteiger partial charge >= 0.3 is 0 Å². The van der Waals surface area contributed by atoms with E-state index in [0.717, 1.165) is 0 Å². The zero-order valence-corrected chi connectivity index (χ0v) is 8.77. The second kappa shape index (κ2) is 6.41. The van der Waals surface area contributed by atoms with E-state index in [0.29, 0.717) is 7.18 Å². The summed E-state index contributed by atoms with van der Waals surface area (Å²) >= 11 is 0. The molecule has 0 spiro atoms. The lowest BCUT2D eigenvalue weighted by Crippen LogP contribution is -2.41. The van der Waals surface area contributed by atoms with Crippen molar-refractivity contribution < 1.29 is 8.87 Å². The normalized spacial score (nSPS) is 20.0. The van der Waals surface area contributed by atoms with Gasteiger partial charge < -0.3 is 4.48 Å². The molecule has 1 rings (SSSR count). The number of unbranched alkanes of at least 4 members (excludes halogenated alkanes) is 1. The zero-order valence-electron chi connectivity index (χ0n) is 8.77. The van der Waals surface area contributed by atoms with Gasteiger partial charge in [0.05, 0.1) is 33.9 Å². The summed E-state index contributed by atoms with van der Waals surface area (Å²) < 4.78 is 10.9. The molecule has 0 saturated carbocycles. The quantitative estimate of drug-likeness (QED) is 0.580. The van der Waals surface area contributed by atoms with E-state index in [4.69, 9.17) is 0 Å². The standard InChI is InChI=1S/C9H20N.CH3F/c1-3-4-7-10(2)8-5-6-9-10;1-2/h3-9H2,1-2H3;1H3/q+1;. The molecule has 0 atom stereocenters. The van der Waals surface area contributed by atoms with Crippen LogP contribution in [0.5, 0.6) is 0 Å². The number of rotatable bonds is 3. The van der Waals surface area contributed by atoms with Crippen molar-refractivity contribution >= 4 is 0 Å². The highest BCUT2D eigenvalue weighted by atomic mass is 19.1. The summed E-state index contributed by atoms with van der Waals surface area (Å²) in [5.74, 6) is 0. The Morgan fingerprint density at radius 1 is 1.17 bits per heavy atom. The van der Waals surface area contributed by atoms with E-state index in [-0.39, 0.29) is 0 Å². The van der Waals surface area contributed by atoms with E-state index in [1.54, 1.807) is 0 Å². The van der Waals surface area contributed by atoms with Gasteiger partial charge in [-0.15, -0.1) is 0 Å². The summed E-state index contributed by atoms with van der Waals surface area (Å²) in [7, 11) is 2.91. The first-order chi connectivity index (χ1) is 5.77. The fourth-order valence-corrected chi connectivity index (χ4v) is 1.86. The number of hydrogen-bond acceptors (Lipinski definition) is 0. The number of halogens is 1. The van der Waals surface area contributed by atoms with E-state index in [2.05, 4.69) is 14.0 Å². The van der Waals surface area contributed by atoms with E-state index < -0.39 is 0 Å². The van der Waals surface area contributed by atoms with Crippen LogP contribution in [0.4, 0.5) is 4.39 Å². The van der Waals surface area contributed by atoms with E-state index in [9.17, 15) is 4.39 Å². The van der Waals surface area contributed by atoms with Crippen LogP contribution in [-0.2, 0) is 0 Å². The Morgan fingerprint density at radius 2 is 1.67 bits per heavy atom. The molecule has 1 nitrogen and oxygen atoms in total. The monoisotopic (exact) mass is 176 g/mol. The van der Waals surface area contributed by atoms with E-state index in [1.807, 2.05) is 0 Å². The molecule has 0 radical (unpaired) electrons. The first kappa shape index (κ1) is 11.9. The van der Waals surface area contributed by atoms with Crippen molar-refractivity contribution in [3.8, 4) is 0 Å². The summed E-state index contributed by atoms with van der Waals surface area (Å²) in [5.41, 5.74) is 0. The van der Waals surface area contributed by atoms with Crippen LogP contribution in [0.1, 0.15) is 32.6 Å². The topological polar surface area (TPSA) is 0 Å². The number of hydrogen-bond donors (Lipinski definition) is 0. The molecule has 1 heterocycles. The SMILES string of the molecule is CCCC[N+]1(C)CCCC1.CF.